The van der Waals surface area contributed by atoms with Gasteiger partial charge >= 0.3 is 0 Å². The first-order valence-electron chi connectivity index (χ1n) is 9.62. The maximum absolute atomic E-state index is 14.0. The number of nitrogens with zero attached hydrogens (tertiary/aromatic N) is 1. The van der Waals surface area contributed by atoms with Crippen LogP contribution in [-0.4, -0.2) is 29.4 Å². The van der Waals surface area contributed by atoms with Gasteiger partial charge in [0.15, 0.2) is 0 Å². The van der Waals surface area contributed by atoms with E-state index in [4.69, 9.17) is 23.2 Å². The molecule has 3 aromatic carbocycles. The van der Waals surface area contributed by atoms with Gasteiger partial charge in [0.25, 0.3) is 0 Å². The third kappa shape index (κ3) is 4.74. The molecule has 0 saturated carbocycles. The zero-order valence-corrected chi connectivity index (χ0v) is 19.1. The minimum atomic E-state index is -0.769. The van der Waals surface area contributed by atoms with Crippen LogP contribution in [0.2, 0.25) is 10.0 Å². The number of hydrogen-bond donors (Lipinski definition) is 2. The van der Waals surface area contributed by atoms with Crippen LogP contribution < -0.4 is 5.32 Å². The second-order valence-corrected chi connectivity index (χ2v) is 8.04. The van der Waals surface area contributed by atoms with Crippen molar-refractivity contribution in [1.29, 1.82) is 0 Å². The van der Waals surface area contributed by atoms with Gasteiger partial charge in [-0.05, 0) is 48.5 Å². The van der Waals surface area contributed by atoms with Gasteiger partial charge in [-0.3, -0.25) is 0 Å². The van der Waals surface area contributed by atoms with E-state index < -0.39 is 12.1 Å². The molecule has 0 aliphatic carbocycles. The number of fused-ring (bicyclic) bond motifs is 1. The summed E-state index contributed by atoms with van der Waals surface area (Å²) in [5, 5.41) is 16.0. The standard InChI is InChI=1S/C24H21Cl2FN2O.ClH/c1-28-13-23(30)24(16-5-4-6-17(27)11-16)29-14-19(18-7-2-3-8-22(18)29)15-9-10-20(25)21(26)12-15;/h2-12,14,23-24,28,30H,13H2,1H3;1H/t23-,24+;/m1./s1. The van der Waals surface area contributed by atoms with Crippen LogP contribution in [0, 0.1) is 5.82 Å². The van der Waals surface area contributed by atoms with Gasteiger partial charge in [-0.15, -0.1) is 12.4 Å². The highest BCUT2D eigenvalue weighted by Gasteiger charge is 2.25. The lowest BCUT2D eigenvalue weighted by atomic mass is 10.0. The molecule has 7 heteroatoms. The molecule has 0 unspecified atom stereocenters. The molecule has 0 spiro atoms. The van der Waals surface area contributed by atoms with Gasteiger partial charge in [-0.1, -0.05) is 59.6 Å². The molecule has 4 rings (SSSR count). The minimum absolute atomic E-state index is 0. The van der Waals surface area contributed by atoms with E-state index in [-0.39, 0.29) is 18.2 Å². The smallest absolute Gasteiger partial charge is 0.123 e. The van der Waals surface area contributed by atoms with Crippen LogP contribution in [0.25, 0.3) is 22.0 Å². The maximum Gasteiger partial charge on any atom is 0.123 e. The molecule has 4 aromatic rings. The molecule has 0 aliphatic rings. The van der Waals surface area contributed by atoms with Gasteiger partial charge in [0.1, 0.15) is 5.82 Å². The molecule has 0 aliphatic heterocycles. The Balaban J connectivity index is 0.00000272. The van der Waals surface area contributed by atoms with Crippen LogP contribution in [-0.2, 0) is 0 Å². The predicted molar refractivity (Wildman–Crippen MR) is 129 cm³/mol. The Labute approximate surface area is 196 Å². The van der Waals surface area contributed by atoms with E-state index in [2.05, 4.69) is 5.32 Å². The fourth-order valence-corrected chi connectivity index (χ4v) is 4.21. The van der Waals surface area contributed by atoms with Crippen molar-refractivity contribution in [3.8, 4) is 11.1 Å². The molecule has 2 atom stereocenters. The normalized spacial score (nSPS) is 13.1. The fourth-order valence-electron chi connectivity index (χ4n) is 3.91. The minimum Gasteiger partial charge on any atom is -0.389 e. The maximum atomic E-state index is 14.0. The third-order valence-electron chi connectivity index (χ3n) is 5.24. The molecule has 0 saturated heterocycles. The highest BCUT2D eigenvalue weighted by molar-refractivity contribution is 6.42. The second-order valence-electron chi connectivity index (χ2n) is 7.22. The first kappa shape index (κ1) is 23.6. The SMILES string of the molecule is CNC[C@@H](O)[C@H](c1cccc(F)c1)n1cc(-c2ccc(Cl)c(Cl)c2)c2ccccc21.Cl. The monoisotopic (exact) mass is 478 g/mol. The lowest BCUT2D eigenvalue weighted by Crippen LogP contribution is -2.33. The van der Waals surface area contributed by atoms with Crippen LogP contribution in [0.3, 0.4) is 0 Å². The first-order valence-corrected chi connectivity index (χ1v) is 10.4. The summed E-state index contributed by atoms with van der Waals surface area (Å²) in [6, 6.07) is 19.3. The molecule has 0 fully saturated rings. The van der Waals surface area contributed by atoms with Crippen LogP contribution in [0.15, 0.2) is 72.9 Å². The highest BCUT2D eigenvalue weighted by atomic mass is 35.5. The lowest BCUT2D eigenvalue weighted by molar-refractivity contribution is 0.132. The Kier molecular flexibility index (Phi) is 7.63. The number of likely N-dealkylation sites (N-methyl/N-ethyl adjacent to an activating group) is 1. The predicted octanol–water partition coefficient (Wildman–Crippen LogP) is 6.35. The molecule has 1 heterocycles. The summed E-state index contributed by atoms with van der Waals surface area (Å²) >= 11 is 12.4. The summed E-state index contributed by atoms with van der Waals surface area (Å²) in [6.45, 7) is 0.357. The topological polar surface area (TPSA) is 37.2 Å². The van der Waals surface area contributed by atoms with Crippen molar-refractivity contribution in [2.24, 2.45) is 0 Å². The van der Waals surface area contributed by atoms with E-state index in [0.717, 1.165) is 22.0 Å². The molecular formula is C24H22Cl3FN2O. The Morgan fingerprint density at radius 1 is 1.00 bits per heavy atom. The van der Waals surface area contributed by atoms with Crippen molar-refractivity contribution in [2.45, 2.75) is 12.1 Å². The summed E-state index contributed by atoms with van der Waals surface area (Å²) in [4.78, 5) is 0. The number of para-hydroxylation sites is 1. The highest BCUT2D eigenvalue weighted by Crippen LogP contribution is 2.37. The summed E-state index contributed by atoms with van der Waals surface area (Å²) in [6.07, 6.45) is 1.22. The fraction of sp³-hybridized carbons (Fsp3) is 0.167. The Morgan fingerprint density at radius 3 is 2.48 bits per heavy atom. The largest absolute Gasteiger partial charge is 0.389 e. The average Bonchev–Trinajstić information content (AvgIpc) is 3.10. The van der Waals surface area contributed by atoms with E-state index in [1.807, 2.05) is 53.2 Å². The van der Waals surface area contributed by atoms with Crippen molar-refractivity contribution in [2.75, 3.05) is 13.6 Å². The van der Waals surface area contributed by atoms with Gasteiger partial charge in [0.2, 0.25) is 0 Å². The number of halogens is 4. The van der Waals surface area contributed by atoms with Crippen LogP contribution >= 0.6 is 35.6 Å². The lowest BCUT2D eigenvalue weighted by Gasteiger charge is -2.26. The Morgan fingerprint density at radius 2 is 1.77 bits per heavy atom. The van der Waals surface area contributed by atoms with Gasteiger partial charge in [-0.2, -0.15) is 0 Å². The van der Waals surface area contributed by atoms with E-state index in [1.165, 1.54) is 12.1 Å². The Hall–Kier alpha value is -2.08. The molecule has 2 N–H and O–H groups in total. The zero-order valence-electron chi connectivity index (χ0n) is 16.7. The van der Waals surface area contributed by atoms with Crippen molar-refractivity contribution in [3.05, 3.63) is 94.4 Å². The van der Waals surface area contributed by atoms with Crippen LogP contribution in [0.5, 0.6) is 0 Å². The zero-order chi connectivity index (χ0) is 21.3. The van der Waals surface area contributed by atoms with E-state index in [1.54, 1.807) is 19.2 Å². The number of rotatable bonds is 6. The van der Waals surface area contributed by atoms with Gasteiger partial charge in [0, 0.05) is 29.2 Å². The molecule has 0 radical (unpaired) electrons. The molecule has 1 aromatic heterocycles. The second kappa shape index (κ2) is 10.0. The van der Waals surface area contributed by atoms with Crippen LogP contribution in [0.4, 0.5) is 4.39 Å². The quantitative estimate of drug-likeness (QED) is 0.338. The number of aliphatic hydroxyl groups excluding tert-OH is 1. The van der Waals surface area contributed by atoms with Crippen molar-refractivity contribution >= 4 is 46.5 Å². The number of aromatic nitrogens is 1. The van der Waals surface area contributed by atoms with Gasteiger partial charge < -0.3 is 15.0 Å². The number of nitrogens with one attached hydrogen (secondary N) is 1. The van der Waals surface area contributed by atoms with Crippen molar-refractivity contribution in [3.63, 3.8) is 0 Å². The molecule has 3 nitrogen and oxygen atoms in total. The molecule has 0 amide bonds. The number of hydrogen-bond acceptors (Lipinski definition) is 2. The van der Waals surface area contributed by atoms with E-state index in [9.17, 15) is 9.50 Å². The number of benzene rings is 3. The molecular weight excluding hydrogens is 458 g/mol. The first-order chi connectivity index (χ1) is 14.5. The van der Waals surface area contributed by atoms with Gasteiger partial charge in [0.05, 0.1) is 22.2 Å². The van der Waals surface area contributed by atoms with E-state index >= 15 is 0 Å². The molecule has 31 heavy (non-hydrogen) atoms. The van der Waals surface area contributed by atoms with Crippen molar-refractivity contribution < 1.29 is 9.50 Å². The summed E-state index contributed by atoms with van der Waals surface area (Å²) in [7, 11) is 1.78. The molecule has 0 bridgehead atoms. The Bertz CT molecular complexity index is 1190. The number of aliphatic hydroxyl groups is 1. The van der Waals surface area contributed by atoms with Crippen molar-refractivity contribution in [1.82, 2.24) is 9.88 Å². The summed E-state index contributed by atoms with van der Waals surface area (Å²) < 4.78 is 16.0. The third-order valence-corrected chi connectivity index (χ3v) is 5.98. The summed E-state index contributed by atoms with van der Waals surface area (Å²) in [5.74, 6) is -0.338. The average molecular weight is 480 g/mol. The summed E-state index contributed by atoms with van der Waals surface area (Å²) in [5.41, 5.74) is 3.50. The van der Waals surface area contributed by atoms with Gasteiger partial charge in [-0.25, -0.2) is 4.39 Å². The molecule has 162 valence electrons. The van der Waals surface area contributed by atoms with E-state index in [0.29, 0.717) is 22.2 Å². The van der Waals surface area contributed by atoms with Crippen LogP contribution in [0.1, 0.15) is 11.6 Å².